The van der Waals surface area contributed by atoms with Gasteiger partial charge in [0.15, 0.2) is 17.5 Å². The lowest BCUT2D eigenvalue weighted by atomic mass is 10.1. The van der Waals surface area contributed by atoms with Crippen molar-refractivity contribution >= 4 is 5.82 Å². The fraction of sp³-hybridized carbons (Fsp3) is 0.154. The van der Waals surface area contributed by atoms with Crippen molar-refractivity contribution in [2.24, 2.45) is 0 Å². The maximum absolute atomic E-state index is 13.3. The fourth-order valence-corrected chi connectivity index (χ4v) is 1.56. The average molecular weight is 252 g/mol. The number of pyridine rings is 1. The van der Waals surface area contributed by atoms with Crippen LogP contribution in [0.15, 0.2) is 30.3 Å². The van der Waals surface area contributed by atoms with Gasteiger partial charge in [-0.2, -0.15) is 9.37 Å². The van der Waals surface area contributed by atoms with E-state index in [1.165, 1.54) is 0 Å². The van der Waals surface area contributed by atoms with Gasteiger partial charge in [-0.25, -0.2) is 8.78 Å². The molecule has 1 aromatic heterocycles. The van der Waals surface area contributed by atoms with Gasteiger partial charge in [-0.15, -0.1) is 0 Å². The van der Waals surface area contributed by atoms with Gasteiger partial charge in [-0.3, -0.25) is 0 Å². The van der Waals surface area contributed by atoms with Crippen molar-refractivity contribution < 1.29 is 13.2 Å². The van der Waals surface area contributed by atoms with E-state index in [4.69, 9.17) is 0 Å². The van der Waals surface area contributed by atoms with Gasteiger partial charge in [-0.1, -0.05) is 24.3 Å². The summed E-state index contributed by atoms with van der Waals surface area (Å²) in [7, 11) is 0. The first-order chi connectivity index (χ1) is 8.58. The molecule has 0 unspecified atom stereocenters. The molecule has 2 rings (SSSR count). The molecule has 1 N–H and O–H groups in total. The molecule has 2 nitrogen and oxygen atoms in total. The third-order valence-corrected chi connectivity index (χ3v) is 2.59. The first-order valence-corrected chi connectivity index (χ1v) is 5.38. The summed E-state index contributed by atoms with van der Waals surface area (Å²) in [5.41, 5.74) is 1.96. The summed E-state index contributed by atoms with van der Waals surface area (Å²) in [6.45, 7) is 2.20. The van der Waals surface area contributed by atoms with Crippen molar-refractivity contribution in [3.8, 4) is 0 Å². The number of benzene rings is 1. The van der Waals surface area contributed by atoms with Crippen LogP contribution in [0.5, 0.6) is 0 Å². The molecular weight excluding hydrogens is 241 g/mol. The highest BCUT2D eigenvalue weighted by atomic mass is 19.2. The van der Waals surface area contributed by atoms with Gasteiger partial charge in [0, 0.05) is 12.6 Å². The van der Waals surface area contributed by atoms with Crippen molar-refractivity contribution in [1.82, 2.24) is 4.98 Å². The normalized spacial score (nSPS) is 10.4. The van der Waals surface area contributed by atoms with Crippen molar-refractivity contribution in [2.45, 2.75) is 13.5 Å². The fourth-order valence-electron chi connectivity index (χ4n) is 1.56. The third-order valence-electron chi connectivity index (χ3n) is 2.59. The van der Waals surface area contributed by atoms with Gasteiger partial charge in [0.2, 0.25) is 0 Å². The lowest BCUT2D eigenvalue weighted by Gasteiger charge is -2.09. The minimum absolute atomic E-state index is 0.293. The van der Waals surface area contributed by atoms with E-state index >= 15 is 0 Å². The molecule has 1 aromatic carbocycles. The van der Waals surface area contributed by atoms with Crippen molar-refractivity contribution in [2.75, 3.05) is 5.32 Å². The molecule has 94 valence electrons. The largest absolute Gasteiger partial charge is 0.363 e. The van der Waals surface area contributed by atoms with Gasteiger partial charge in [0.1, 0.15) is 0 Å². The second-order valence-corrected chi connectivity index (χ2v) is 3.87. The van der Waals surface area contributed by atoms with E-state index in [1.807, 2.05) is 31.2 Å². The number of anilines is 1. The molecule has 1 heterocycles. The van der Waals surface area contributed by atoms with Crippen LogP contribution in [-0.2, 0) is 6.54 Å². The summed E-state index contributed by atoms with van der Waals surface area (Å²) in [4.78, 5) is 3.19. The van der Waals surface area contributed by atoms with E-state index in [2.05, 4.69) is 10.3 Å². The Morgan fingerprint density at radius 2 is 1.83 bits per heavy atom. The molecular formula is C13H11F3N2. The number of hydrogen-bond acceptors (Lipinski definition) is 2. The number of nitrogens with zero attached hydrogens (tertiary/aromatic N) is 1. The van der Waals surface area contributed by atoms with Crippen molar-refractivity contribution in [3.63, 3.8) is 0 Å². The molecule has 2 aromatic rings. The van der Waals surface area contributed by atoms with Crippen LogP contribution in [0, 0.1) is 24.5 Å². The van der Waals surface area contributed by atoms with Crippen LogP contribution in [0.25, 0.3) is 0 Å². The summed E-state index contributed by atoms with van der Waals surface area (Å²) in [5.74, 6) is -3.82. The number of aryl methyl sites for hydroxylation is 1. The maximum Gasteiger partial charge on any atom is 0.251 e. The summed E-state index contributed by atoms with van der Waals surface area (Å²) < 4.78 is 38.9. The first kappa shape index (κ1) is 12.4. The molecule has 0 aliphatic heterocycles. The summed E-state index contributed by atoms with van der Waals surface area (Å²) in [5, 5.41) is 2.65. The second-order valence-electron chi connectivity index (χ2n) is 3.87. The van der Waals surface area contributed by atoms with E-state index in [1.54, 1.807) is 0 Å². The molecule has 5 heteroatoms. The lowest BCUT2D eigenvalue weighted by molar-refractivity contribution is 0.466. The van der Waals surface area contributed by atoms with Crippen LogP contribution in [0.3, 0.4) is 0 Å². The van der Waals surface area contributed by atoms with Gasteiger partial charge in [0.25, 0.3) is 5.95 Å². The smallest absolute Gasteiger partial charge is 0.251 e. The summed E-state index contributed by atoms with van der Waals surface area (Å²) >= 11 is 0. The predicted octanol–water partition coefficient (Wildman–Crippen LogP) is 3.42. The van der Waals surface area contributed by atoms with Gasteiger partial charge < -0.3 is 5.32 Å². The lowest BCUT2D eigenvalue weighted by Crippen LogP contribution is -2.07. The SMILES string of the molecule is Cc1ccccc1CNc1nc(F)c(F)cc1F. The Labute approximate surface area is 102 Å². The number of hydrogen-bond donors (Lipinski definition) is 1. The standard InChI is InChI=1S/C13H11F3N2/c1-8-4-2-3-5-9(8)7-17-13-11(15)6-10(14)12(16)18-13/h2-6H,7H2,1H3,(H,17,18). The second kappa shape index (κ2) is 5.08. The minimum atomic E-state index is -1.32. The highest BCUT2D eigenvalue weighted by molar-refractivity contribution is 5.38. The van der Waals surface area contributed by atoms with Crippen LogP contribution in [0.1, 0.15) is 11.1 Å². The van der Waals surface area contributed by atoms with Crippen LogP contribution < -0.4 is 5.32 Å². The van der Waals surface area contributed by atoms with E-state index < -0.39 is 17.6 Å². The Bertz CT molecular complexity index is 570. The first-order valence-electron chi connectivity index (χ1n) is 5.38. The number of rotatable bonds is 3. The monoisotopic (exact) mass is 252 g/mol. The maximum atomic E-state index is 13.3. The van der Waals surface area contributed by atoms with E-state index in [9.17, 15) is 13.2 Å². The van der Waals surface area contributed by atoms with E-state index in [0.717, 1.165) is 11.1 Å². The van der Waals surface area contributed by atoms with Gasteiger partial charge >= 0.3 is 0 Å². The topological polar surface area (TPSA) is 24.9 Å². The molecule has 0 saturated carbocycles. The zero-order valence-electron chi connectivity index (χ0n) is 9.67. The predicted molar refractivity (Wildman–Crippen MR) is 62.6 cm³/mol. The summed E-state index contributed by atoms with van der Waals surface area (Å²) in [6, 6.07) is 7.98. The Morgan fingerprint density at radius 1 is 1.11 bits per heavy atom. The van der Waals surface area contributed by atoms with Crippen LogP contribution >= 0.6 is 0 Å². The molecule has 0 bridgehead atoms. The summed E-state index contributed by atoms with van der Waals surface area (Å²) in [6.07, 6.45) is 0. The molecule has 0 amide bonds. The molecule has 0 saturated heterocycles. The quantitative estimate of drug-likeness (QED) is 0.847. The average Bonchev–Trinajstić information content (AvgIpc) is 2.34. The zero-order valence-corrected chi connectivity index (χ0v) is 9.67. The molecule has 0 spiro atoms. The highest BCUT2D eigenvalue weighted by Gasteiger charge is 2.11. The van der Waals surface area contributed by atoms with Gasteiger partial charge in [0.05, 0.1) is 0 Å². The Kier molecular flexibility index (Phi) is 3.50. The molecule has 18 heavy (non-hydrogen) atoms. The van der Waals surface area contributed by atoms with E-state index in [0.29, 0.717) is 12.6 Å². The Hall–Kier alpha value is -2.04. The molecule has 0 fully saturated rings. The van der Waals surface area contributed by atoms with Crippen molar-refractivity contribution in [3.05, 3.63) is 59.0 Å². The number of aromatic nitrogens is 1. The molecule has 0 radical (unpaired) electrons. The number of nitrogens with one attached hydrogen (secondary N) is 1. The van der Waals surface area contributed by atoms with E-state index in [-0.39, 0.29) is 5.82 Å². The van der Waals surface area contributed by atoms with Gasteiger partial charge in [-0.05, 0) is 18.1 Å². The zero-order chi connectivity index (χ0) is 13.1. The van der Waals surface area contributed by atoms with Crippen LogP contribution in [-0.4, -0.2) is 4.98 Å². The molecule has 0 atom stereocenters. The molecule has 0 aliphatic rings. The minimum Gasteiger partial charge on any atom is -0.363 e. The van der Waals surface area contributed by atoms with Crippen molar-refractivity contribution in [1.29, 1.82) is 0 Å². The highest BCUT2D eigenvalue weighted by Crippen LogP contribution is 2.16. The third kappa shape index (κ3) is 2.61. The Morgan fingerprint density at radius 3 is 2.56 bits per heavy atom. The van der Waals surface area contributed by atoms with Crippen LogP contribution in [0.2, 0.25) is 0 Å². The van der Waals surface area contributed by atoms with Crippen LogP contribution in [0.4, 0.5) is 19.0 Å². The molecule has 0 aliphatic carbocycles. The number of halogens is 3. The Balaban J connectivity index is 2.16.